The zero-order valence-electron chi connectivity index (χ0n) is 10.7. The van der Waals surface area contributed by atoms with Crippen molar-refractivity contribution in [3.63, 3.8) is 0 Å². The van der Waals surface area contributed by atoms with Gasteiger partial charge in [0, 0.05) is 19.6 Å². The Hall–Kier alpha value is -1.56. The number of rotatable bonds is 9. The number of aliphatic hydroxyl groups excluding tert-OH is 2. The Morgan fingerprint density at radius 2 is 1.85 bits per heavy atom. The molecule has 114 valence electrons. The molecule has 0 saturated carbocycles. The topological polar surface area (TPSA) is 149 Å². The molecule has 0 bridgehead atoms. The Morgan fingerprint density at radius 3 is 2.40 bits per heavy atom. The highest BCUT2D eigenvalue weighted by Crippen LogP contribution is 2.07. The van der Waals surface area contributed by atoms with Crippen molar-refractivity contribution in [2.24, 2.45) is 0 Å². The molecule has 0 spiro atoms. The third-order valence-electron chi connectivity index (χ3n) is 2.22. The van der Waals surface area contributed by atoms with Gasteiger partial charge in [0.2, 0.25) is 11.9 Å². The van der Waals surface area contributed by atoms with Gasteiger partial charge in [-0.15, -0.1) is 0 Å². The van der Waals surface area contributed by atoms with Crippen LogP contribution in [0.2, 0.25) is 0 Å². The van der Waals surface area contributed by atoms with Crippen LogP contribution in [0.3, 0.4) is 0 Å². The SMILES string of the molecule is O=S(=O)(O)CCNc1ncnc(N(CCO)CCO)n1. The van der Waals surface area contributed by atoms with Crippen LogP contribution in [0.5, 0.6) is 0 Å². The molecule has 0 aromatic carbocycles. The highest BCUT2D eigenvalue weighted by Gasteiger charge is 2.10. The quantitative estimate of drug-likeness (QED) is 0.376. The van der Waals surface area contributed by atoms with Crippen LogP contribution in [0.15, 0.2) is 6.33 Å². The summed E-state index contributed by atoms with van der Waals surface area (Å²) in [5, 5.41) is 20.5. The monoisotopic (exact) mass is 307 g/mol. The molecule has 0 atom stereocenters. The van der Waals surface area contributed by atoms with Crippen LogP contribution in [0, 0.1) is 0 Å². The number of anilines is 2. The highest BCUT2D eigenvalue weighted by molar-refractivity contribution is 7.85. The van der Waals surface area contributed by atoms with Gasteiger partial charge in [0.05, 0.1) is 19.0 Å². The van der Waals surface area contributed by atoms with Crippen molar-refractivity contribution in [3.8, 4) is 0 Å². The van der Waals surface area contributed by atoms with Crippen molar-refractivity contribution < 1.29 is 23.2 Å². The first kappa shape index (κ1) is 16.5. The smallest absolute Gasteiger partial charge is 0.266 e. The summed E-state index contributed by atoms with van der Waals surface area (Å²) in [5.41, 5.74) is 0. The molecule has 1 rings (SSSR count). The molecule has 0 fully saturated rings. The Bertz CT molecular complexity index is 505. The van der Waals surface area contributed by atoms with Crippen LogP contribution in [0.4, 0.5) is 11.9 Å². The molecule has 1 heterocycles. The van der Waals surface area contributed by atoms with Gasteiger partial charge in [-0.05, 0) is 0 Å². The summed E-state index contributed by atoms with van der Waals surface area (Å²) >= 11 is 0. The third kappa shape index (κ3) is 6.06. The second-order valence-corrected chi connectivity index (χ2v) is 5.33. The fourth-order valence-electron chi connectivity index (χ4n) is 1.37. The van der Waals surface area contributed by atoms with Crippen molar-refractivity contribution in [3.05, 3.63) is 6.33 Å². The van der Waals surface area contributed by atoms with Gasteiger partial charge in [0.25, 0.3) is 10.1 Å². The summed E-state index contributed by atoms with van der Waals surface area (Å²) in [4.78, 5) is 13.3. The number of nitrogens with one attached hydrogen (secondary N) is 1. The Labute approximate surface area is 116 Å². The van der Waals surface area contributed by atoms with E-state index in [1.54, 1.807) is 4.90 Å². The molecule has 0 saturated heterocycles. The normalized spacial score (nSPS) is 11.3. The minimum absolute atomic E-state index is 0.0533. The van der Waals surface area contributed by atoms with E-state index in [1.807, 2.05) is 0 Å². The summed E-state index contributed by atoms with van der Waals surface area (Å²) in [5.74, 6) is -0.0812. The largest absolute Gasteiger partial charge is 0.395 e. The van der Waals surface area contributed by atoms with Crippen LogP contribution in [0.1, 0.15) is 0 Å². The van der Waals surface area contributed by atoms with Crippen molar-refractivity contribution in [2.45, 2.75) is 0 Å². The molecule has 20 heavy (non-hydrogen) atoms. The fraction of sp³-hybridized carbons (Fsp3) is 0.667. The van der Waals surface area contributed by atoms with Crippen LogP contribution in [-0.2, 0) is 10.1 Å². The van der Waals surface area contributed by atoms with E-state index in [9.17, 15) is 8.42 Å². The van der Waals surface area contributed by atoms with E-state index in [2.05, 4.69) is 20.3 Å². The number of aromatic nitrogens is 3. The van der Waals surface area contributed by atoms with E-state index in [-0.39, 0.29) is 44.7 Å². The van der Waals surface area contributed by atoms with Crippen LogP contribution < -0.4 is 10.2 Å². The number of aliphatic hydroxyl groups is 2. The van der Waals surface area contributed by atoms with Gasteiger partial charge in [0.1, 0.15) is 6.33 Å². The van der Waals surface area contributed by atoms with Gasteiger partial charge in [-0.1, -0.05) is 0 Å². The number of hydrogen-bond acceptors (Lipinski definition) is 9. The number of nitrogens with zero attached hydrogens (tertiary/aromatic N) is 4. The van der Waals surface area contributed by atoms with Crippen molar-refractivity contribution >= 4 is 22.0 Å². The lowest BCUT2D eigenvalue weighted by molar-refractivity contribution is 0.280. The highest BCUT2D eigenvalue weighted by atomic mass is 32.2. The lowest BCUT2D eigenvalue weighted by Crippen LogP contribution is -2.31. The molecule has 0 amide bonds. The molecule has 0 aliphatic rings. The first-order chi connectivity index (χ1) is 9.46. The maximum atomic E-state index is 10.6. The summed E-state index contributed by atoms with van der Waals surface area (Å²) in [6.45, 7) is 0.181. The van der Waals surface area contributed by atoms with E-state index in [4.69, 9.17) is 14.8 Å². The van der Waals surface area contributed by atoms with E-state index in [1.165, 1.54) is 6.33 Å². The lowest BCUT2D eigenvalue weighted by Gasteiger charge is -2.20. The predicted molar refractivity (Wildman–Crippen MR) is 71.1 cm³/mol. The average molecular weight is 307 g/mol. The second-order valence-electron chi connectivity index (χ2n) is 3.76. The molecule has 0 aliphatic heterocycles. The maximum Gasteiger partial charge on any atom is 0.266 e. The predicted octanol–water partition coefficient (Wildman–Crippen LogP) is -2.04. The van der Waals surface area contributed by atoms with Crippen molar-refractivity contribution in [2.75, 3.05) is 48.8 Å². The molecule has 4 N–H and O–H groups in total. The van der Waals surface area contributed by atoms with Gasteiger partial charge in [-0.3, -0.25) is 4.55 Å². The second kappa shape index (κ2) is 7.89. The molecular formula is C9H17N5O5S. The minimum Gasteiger partial charge on any atom is -0.395 e. The van der Waals surface area contributed by atoms with E-state index < -0.39 is 15.9 Å². The van der Waals surface area contributed by atoms with Gasteiger partial charge in [0.15, 0.2) is 0 Å². The summed E-state index contributed by atoms with van der Waals surface area (Å²) in [7, 11) is -4.05. The molecule has 0 radical (unpaired) electrons. The van der Waals surface area contributed by atoms with E-state index in [0.717, 1.165) is 0 Å². The molecule has 10 nitrogen and oxygen atoms in total. The Morgan fingerprint density at radius 1 is 1.20 bits per heavy atom. The lowest BCUT2D eigenvalue weighted by atomic mass is 10.5. The van der Waals surface area contributed by atoms with Crippen LogP contribution in [0.25, 0.3) is 0 Å². The van der Waals surface area contributed by atoms with Crippen molar-refractivity contribution in [1.29, 1.82) is 0 Å². The van der Waals surface area contributed by atoms with Gasteiger partial charge >= 0.3 is 0 Å². The first-order valence-electron chi connectivity index (χ1n) is 5.81. The van der Waals surface area contributed by atoms with Crippen molar-refractivity contribution in [1.82, 2.24) is 15.0 Å². The Balaban J connectivity index is 2.68. The maximum absolute atomic E-state index is 10.6. The van der Waals surface area contributed by atoms with Crippen LogP contribution >= 0.6 is 0 Å². The van der Waals surface area contributed by atoms with Gasteiger partial charge in [-0.25, -0.2) is 9.97 Å². The molecule has 0 aliphatic carbocycles. The summed E-state index contributed by atoms with van der Waals surface area (Å²) < 4.78 is 29.7. The summed E-state index contributed by atoms with van der Waals surface area (Å²) in [6.07, 6.45) is 1.22. The standard InChI is InChI=1S/C9H17N5O5S/c15-4-2-14(3-5-16)9-12-7-11-8(13-9)10-1-6-20(17,18)19/h7,15-16H,1-6H2,(H,17,18,19)(H,10,11,12,13). The molecule has 0 unspecified atom stereocenters. The van der Waals surface area contributed by atoms with E-state index >= 15 is 0 Å². The summed E-state index contributed by atoms with van der Waals surface area (Å²) in [6, 6.07) is 0. The molecular weight excluding hydrogens is 290 g/mol. The molecule has 1 aromatic rings. The third-order valence-corrected chi connectivity index (χ3v) is 2.94. The van der Waals surface area contributed by atoms with Gasteiger partial charge in [-0.2, -0.15) is 13.4 Å². The molecule has 1 aromatic heterocycles. The fourth-order valence-corrected chi connectivity index (χ4v) is 1.73. The molecule has 11 heteroatoms. The number of hydrogen-bond donors (Lipinski definition) is 4. The first-order valence-corrected chi connectivity index (χ1v) is 7.42. The van der Waals surface area contributed by atoms with Gasteiger partial charge < -0.3 is 20.4 Å². The van der Waals surface area contributed by atoms with E-state index in [0.29, 0.717) is 0 Å². The zero-order chi connectivity index (χ0) is 15.0. The minimum atomic E-state index is -4.05. The van der Waals surface area contributed by atoms with Crippen LogP contribution in [-0.4, -0.2) is 76.7 Å². The Kier molecular flexibility index (Phi) is 6.51. The zero-order valence-corrected chi connectivity index (χ0v) is 11.5. The average Bonchev–Trinajstić information content (AvgIpc) is 2.37.